The number of ether oxygens (including phenoxy) is 2. The van der Waals surface area contributed by atoms with E-state index in [9.17, 15) is 9.18 Å². The lowest BCUT2D eigenvalue weighted by Gasteiger charge is -2.38. The van der Waals surface area contributed by atoms with E-state index in [1.54, 1.807) is 19.2 Å². The Labute approximate surface area is 195 Å². The van der Waals surface area contributed by atoms with Gasteiger partial charge in [-0.05, 0) is 54.5 Å². The molecule has 1 amide bonds. The summed E-state index contributed by atoms with van der Waals surface area (Å²) in [5.41, 5.74) is 3.00. The molecule has 1 saturated carbocycles. The van der Waals surface area contributed by atoms with Crippen molar-refractivity contribution < 1.29 is 18.7 Å². The van der Waals surface area contributed by atoms with E-state index in [1.807, 2.05) is 18.2 Å². The van der Waals surface area contributed by atoms with Gasteiger partial charge < -0.3 is 14.4 Å². The Balaban J connectivity index is 1.37. The predicted octanol–water partition coefficient (Wildman–Crippen LogP) is 4.16. The minimum atomic E-state index is -0.237. The van der Waals surface area contributed by atoms with E-state index in [2.05, 4.69) is 22.3 Å². The van der Waals surface area contributed by atoms with Gasteiger partial charge in [0, 0.05) is 38.6 Å². The van der Waals surface area contributed by atoms with Crippen molar-refractivity contribution in [1.29, 1.82) is 0 Å². The maximum Gasteiger partial charge on any atom is 0.225 e. The summed E-state index contributed by atoms with van der Waals surface area (Å²) < 4.78 is 25.1. The van der Waals surface area contributed by atoms with Crippen LogP contribution in [-0.4, -0.2) is 55.5 Å². The number of benzene rings is 2. The Bertz CT molecular complexity index is 975. The highest BCUT2D eigenvalue weighted by molar-refractivity contribution is 5.80. The van der Waals surface area contributed by atoms with Crippen molar-refractivity contribution in [2.75, 3.05) is 20.3 Å². The normalized spacial score (nSPS) is 26.0. The second-order valence-electron chi connectivity index (χ2n) is 9.56. The van der Waals surface area contributed by atoms with Crippen LogP contribution in [0.1, 0.15) is 37.7 Å². The maximum absolute atomic E-state index is 13.8. The Morgan fingerprint density at radius 2 is 1.91 bits per heavy atom. The number of likely N-dealkylation sites (tertiary alicyclic amines) is 1. The highest BCUT2D eigenvalue weighted by Gasteiger charge is 2.42. The van der Waals surface area contributed by atoms with E-state index in [4.69, 9.17) is 9.47 Å². The Morgan fingerprint density at radius 1 is 1.15 bits per heavy atom. The van der Waals surface area contributed by atoms with E-state index in [0.717, 1.165) is 68.4 Å². The average Bonchev–Trinajstić information content (AvgIpc) is 3.13. The Morgan fingerprint density at radius 3 is 2.55 bits per heavy atom. The van der Waals surface area contributed by atoms with Crippen LogP contribution in [0.15, 0.2) is 48.5 Å². The van der Waals surface area contributed by atoms with Gasteiger partial charge in [-0.15, -0.1) is 0 Å². The number of nitrogens with zero attached hydrogens (tertiary/aromatic N) is 1. The lowest BCUT2D eigenvalue weighted by Crippen LogP contribution is -2.56. The summed E-state index contributed by atoms with van der Waals surface area (Å²) in [6.45, 7) is 1.54. The molecule has 6 heteroatoms. The van der Waals surface area contributed by atoms with Crippen LogP contribution < -0.4 is 5.32 Å². The van der Waals surface area contributed by atoms with Gasteiger partial charge in [-0.25, -0.2) is 4.39 Å². The minimum Gasteiger partial charge on any atom is -0.374 e. The summed E-state index contributed by atoms with van der Waals surface area (Å²) in [5.74, 6) is 0.239. The van der Waals surface area contributed by atoms with E-state index >= 15 is 0 Å². The third kappa shape index (κ3) is 4.84. The van der Waals surface area contributed by atoms with Crippen LogP contribution >= 0.6 is 0 Å². The molecule has 0 spiro atoms. The first-order chi connectivity index (χ1) is 16.1. The molecular formula is C27H33FN2O3. The molecule has 3 fully saturated rings. The molecule has 2 heterocycles. The Hall–Kier alpha value is -2.28. The molecule has 5 nitrogen and oxygen atoms in total. The van der Waals surface area contributed by atoms with Gasteiger partial charge in [0.2, 0.25) is 5.91 Å². The molecular weight excluding hydrogens is 419 g/mol. The molecule has 0 bridgehead atoms. The molecule has 0 aromatic heterocycles. The van der Waals surface area contributed by atoms with Crippen LogP contribution in [-0.2, 0) is 20.7 Å². The van der Waals surface area contributed by atoms with Crippen LogP contribution in [0, 0.1) is 11.7 Å². The molecule has 2 aromatic rings. The first-order valence-electron chi connectivity index (χ1n) is 12.2. The molecule has 4 unspecified atom stereocenters. The van der Waals surface area contributed by atoms with Crippen LogP contribution in [0.25, 0.3) is 11.1 Å². The number of hydrogen-bond acceptors (Lipinski definition) is 4. The minimum absolute atomic E-state index is 0.0542. The molecule has 5 rings (SSSR count). The van der Waals surface area contributed by atoms with Crippen LogP contribution in [0.5, 0.6) is 0 Å². The fourth-order valence-electron chi connectivity index (χ4n) is 5.28. The fraction of sp³-hybridized carbons (Fsp3) is 0.519. The van der Waals surface area contributed by atoms with Gasteiger partial charge in [0.25, 0.3) is 0 Å². The first kappa shape index (κ1) is 22.5. The van der Waals surface area contributed by atoms with Crippen LogP contribution in [0.3, 0.4) is 0 Å². The molecule has 1 aliphatic carbocycles. The van der Waals surface area contributed by atoms with Crippen molar-refractivity contribution in [3.8, 4) is 11.1 Å². The zero-order valence-corrected chi connectivity index (χ0v) is 19.2. The van der Waals surface area contributed by atoms with Gasteiger partial charge >= 0.3 is 0 Å². The number of carbonyl (C=O) groups is 1. The zero-order chi connectivity index (χ0) is 22.8. The lowest BCUT2D eigenvalue weighted by atomic mass is 9.84. The second kappa shape index (κ2) is 9.92. The number of amides is 1. The number of halogens is 1. The molecule has 4 atom stereocenters. The van der Waals surface area contributed by atoms with E-state index < -0.39 is 0 Å². The maximum atomic E-state index is 13.8. The molecule has 0 radical (unpaired) electrons. The van der Waals surface area contributed by atoms with E-state index in [1.165, 1.54) is 6.07 Å². The van der Waals surface area contributed by atoms with Crippen molar-refractivity contribution in [2.45, 2.75) is 62.9 Å². The molecule has 2 saturated heterocycles. The van der Waals surface area contributed by atoms with Crippen molar-refractivity contribution in [2.24, 2.45) is 5.92 Å². The third-order valence-corrected chi connectivity index (χ3v) is 7.52. The number of carbonyl (C=O) groups excluding carboxylic acids is 1. The van der Waals surface area contributed by atoms with Gasteiger partial charge in [0.1, 0.15) is 12.0 Å². The lowest BCUT2D eigenvalue weighted by molar-refractivity contribution is -0.144. The number of methoxy groups -OCH3 is 1. The van der Waals surface area contributed by atoms with Gasteiger partial charge in [-0.2, -0.15) is 0 Å². The van der Waals surface area contributed by atoms with E-state index in [0.29, 0.717) is 5.91 Å². The van der Waals surface area contributed by atoms with Gasteiger partial charge in [0.05, 0.1) is 12.1 Å². The Kier molecular flexibility index (Phi) is 6.76. The molecule has 3 aliphatic rings. The fourth-order valence-corrected chi connectivity index (χ4v) is 5.28. The van der Waals surface area contributed by atoms with E-state index in [-0.39, 0.29) is 36.2 Å². The number of hydrogen-bond donors (Lipinski definition) is 1. The van der Waals surface area contributed by atoms with Crippen molar-refractivity contribution in [3.05, 3.63) is 59.9 Å². The zero-order valence-electron chi connectivity index (χ0n) is 19.2. The summed E-state index contributed by atoms with van der Waals surface area (Å²) in [6, 6.07) is 15.1. The molecule has 33 heavy (non-hydrogen) atoms. The van der Waals surface area contributed by atoms with Gasteiger partial charge in [-0.1, -0.05) is 42.8 Å². The third-order valence-electron chi connectivity index (χ3n) is 7.52. The number of rotatable bonds is 8. The van der Waals surface area contributed by atoms with Crippen molar-refractivity contribution in [1.82, 2.24) is 10.2 Å². The van der Waals surface area contributed by atoms with Crippen LogP contribution in [0.4, 0.5) is 4.39 Å². The van der Waals surface area contributed by atoms with Gasteiger partial charge in [-0.3, -0.25) is 10.1 Å². The summed E-state index contributed by atoms with van der Waals surface area (Å²) in [4.78, 5) is 15.4. The van der Waals surface area contributed by atoms with Crippen LogP contribution in [0.2, 0.25) is 0 Å². The smallest absolute Gasteiger partial charge is 0.225 e. The highest BCUT2D eigenvalue weighted by atomic mass is 19.1. The summed E-state index contributed by atoms with van der Waals surface area (Å²) in [6.07, 6.45) is 5.71. The monoisotopic (exact) mass is 452 g/mol. The first-order valence-corrected chi connectivity index (χ1v) is 12.2. The summed E-state index contributed by atoms with van der Waals surface area (Å²) >= 11 is 0. The predicted molar refractivity (Wildman–Crippen MR) is 125 cm³/mol. The molecule has 176 valence electrons. The number of nitrogens with one attached hydrogen (secondary N) is 1. The van der Waals surface area contributed by atoms with Crippen molar-refractivity contribution in [3.63, 3.8) is 0 Å². The highest BCUT2D eigenvalue weighted by Crippen LogP contribution is 2.33. The molecule has 1 N–H and O–H groups in total. The average molecular weight is 453 g/mol. The van der Waals surface area contributed by atoms with Crippen molar-refractivity contribution >= 4 is 5.91 Å². The topological polar surface area (TPSA) is 50.8 Å². The molecule has 2 aliphatic heterocycles. The standard InChI is InChI=1S/C27H33FN2O3/c1-32-26(25-12-14-33-25)29-23-11-13-30(27(31)19-6-3-7-19)24(23)16-18-5-2-8-20(15-18)21-9-4-10-22(28)17-21/h2,4-5,8-10,15,17,19,23-26,29H,3,6-7,11-14,16H2,1H3. The second-order valence-corrected chi connectivity index (χ2v) is 9.56. The molecule has 2 aromatic carbocycles. The SMILES string of the molecule is COC(NC1CCN(C(=O)C2CCC2)C1Cc1cccc(-c2cccc(F)c2)c1)C1CCO1. The van der Waals surface area contributed by atoms with Gasteiger partial charge in [0.15, 0.2) is 0 Å². The summed E-state index contributed by atoms with van der Waals surface area (Å²) in [5, 5.41) is 3.66. The largest absolute Gasteiger partial charge is 0.374 e. The quantitative estimate of drug-likeness (QED) is 0.612. The summed E-state index contributed by atoms with van der Waals surface area (Å²) in [7, 11) is 1.71.